The lowest BCUT2D eigenvalue weighted by Gasteiger charge is -2.15. The van der Waals surface area contributed by atoms with Crippen LogP contribution in [-0.4, -0.2) is 23.5 Å². The Kier molecular flexibility index (Phi) is 6.18. The van der Waals surface area contributed by atoms with Gasteiger partial charge in [0.25, 0.3) is 5.91 Å². The maximum Gasteiger partial charge on any atom is 0.269 e. The predicted octanol–water partition coefficient (Wildman–Crippen LogP) is 4.00. The number of nitrogens with one attached hydrogen (secondary N) is 2. The van der Waals surface area contributed by atoms with Crippen LogP contribution in [0.1, 0.15) is 38.2 Å². The summed E-state index contributed by atoms with van der Waals surface area (Å²) >= 11 is 0. The Hall–Kier alpha value is -2.56. The first-order valence-electron chi connectivity index (χ1n) is 8.22. The normalized spacial score (nSPS) is 10.8. The lowest BCUT2D eigenvalue weighted by molar-refractivity contribution is 0.0944. The number of hydrogen-bond donors (Lipinski definition) is 2. The highest BCUT2D eigenvalue weighted by molar-refractivity contribution is 5.93. The van der Waals surface area contributed by atoms with Crippen LogP contribution < -0.4 is 15.4 Å². The van der Waals surface area contributed by atoms with Crippen molar-refractivity contribution in [1.82, 2.24) is 10.3 Å². The van der Waals surface area contributed by atoms with Crippen LogP contribution in [0.2, 0.25) is 0 Å². The van der Waals surface area contributed by atoms with E-state index in [1.165, 1.54) is 0 Å². The van der Waals surface area contributed by atoms with Gasteiger partial charge in [0.15, 0.2) is 0 Å². The first kappa shape index (κ1) is 17.8. The lowest BCUT2D eigenvalue weighted by atomic mass is 10.2. The van der Waals surface area contributed by atoms with Gasteiger partial charge in [-0.05, 0) is 44.0 Å². The fourth-order valence-electron chi connectivity index (χ4n) is 2.10. The van der Waals surface area contributed by atoms with Crippen molar-refractivity contribution in [3.8, 4) is 5.75 Å². The number of para-hydroxylation sites is 2. The van der Waals surface area contributed by atoms with Crippen LogP contribution in [0.3, 0.4) is 0 Å². The van der Waals surface area contributed by atoms with Gasteiger partial charge in [0.2, 0.25) is 0 Å². The summed E-state index contributed by atoms with van der Waals surface area (Å²) in [6.07, 6.45) is 1.71. The molecule has 1 aromatic carbocycles. The van der Waals surface area contributed by atoms with Crippen LogP contribution in [0.5, 0.6) is 5.75 Å². The predicted molar refractivity (Wildman–Crippen MR) is 96.9 cm³/mol. The van der Waals surface area contributed by atoms with Crippen molar-refractivity contribution in [2.24, 2.45) is 5.92 Å². The van der Waals surface area contributed by atoms with E-state index in [2.05, 4.69) is 29.5 Å². The van der Waals surface area contributed by atoms with Crippen molar-refractivity contribution in [3.05, 3.63) is 48.3 Å². The van der Waals surface area contributed by atoms with Crippen molar-refractivity contribution < 1.29 is 9.53 Å². The maximum atomic E-state index is 12.1. The Bertz CT molecular complexity index is 684. The van der Waals surface area contributed by atoms with Gasteiger partial charge in [-0.3, -0.25) is 9.78 Å². The van der Waals surface area contributed by atoms with E-state index in [0.717, 1.165) is 17.1 Å². The number of rotatable bonds is 7. The number of nitrogens with zero attached hydrogens (tertiary/aromatic N) is 1. The molecule has 5 nitrogen and oxygen atoms in total. The van der Waals surface area contributed by atoms with Crippen LogP contribution in [0, 0.1) is 5.92 Å². The average molecular weight is 327 g/mol. The topological polar surface area (TPSA) is 63.2 Å². The number of pyridine rings is 1. The quantitative estimate of drug-likeness (QED) is 0.807. The van der Waals surface area contributed by atoms with Crippen molar-refractivity contribution >= 4 is 17.3 Å². The van der Waals surface area contributed by atoms with Gasteiger partial charge in [0.1, 0.15) is 11.4 Å². The van der Waals surface area contributed by atoms with Gasteiger partial charge in [-0.2, -0.15) is 0 Å². The molecule has 0 aliphatic carbocycles. The summed E-state index contributed by atoms with van der Waals surface area (Å²) in [6.45, 7) is 8.71. The highest BCUT2D eigenvalue weighted by atomic mass is 16.5. The zero-order valence-electron chi connectivity index (χ0n) is 14.7. The zero-order valence-corrected chi connectivity index (χ0v) is 14.7. The SMILES string of the molecule is CC(C)CNC(=O)c1cc(Nc2ccccc2OC(C)C)ccn1. The number of carbonyl (C=O) groups is 1. The molecule has 0 aliphatic heterocycles. The van der Waals surface area contributed by atoms with Gasteiger partial charge < -0.3 is 15.4 Å². The van der Waals surface area contributed by atoms with Crippen LogP contribution in [0.25, 0.3) is 0 Å². The molecule has 1 amide bonds. The second kappa shape index (κ2) is 8.34. The third-order valence-electron chi connectivity index (χ3n) is 3.19. The number of benzene rings is 1. The number of carbonyl (C=O) groups excluding carboxylic acids is 1. The van der Waals surface area contributed by atoms with Crippen molar-refractivity contribution in [3.63, 3.8) is 0 Å². The number of amides is 1. The summed E-state index contributed by atoms with van der Waals surface area (Å²) in [7, 11) is 0. The highest BCUT2D eigenvalue weighted by Crippen LogP contribution is 2.28. The molecule has 128 valence electrons. The molecule has 24 heavy (non-hydrogen) atoms. The molecule has 0 fully saturated rings. The molecule has 0 atom stereocenters. The average Bonchev–Trinajstić information content (AvgIpc) is 2.54. The minimum Gasteiger partial charge on any atom is -0.489 e. The molecule has 5 heteroatoms. The Labute approximate surface area is 143 Å². The number of hydrogen-bond acceptors (Lipinski definition) is 4. The zero-order chi connectivity index (χ0) is 17.5. The van der Waals surface area contributed by atoms with Gasteiger partial charge >= 0.3 is 0 Å². The van der Waals surface area contributed by atoms with Gasteiger partial charge in [0, 0.05) is 18.4 Å². The second-order valence-electron chi connectivity index (χ2n) is 6.32. The number of ether oxygens (including phenoxy) is 1. The Morgan fingerprint density at radius 3 is 2.62 bits per heavy atom. The monoisotopic (exact) mass is 327 g/mol. The lowest BCUT2D eigenvalue weighted by Crippen LogP contribution is -2.28. The molecule has 2 aromatic rings. The van der Waals surface area contributed by atoms with Crippen molar-refractivity contribution in [1.29, 1.82) is 0 Å². The van der Waals surface area contributed by atoms with E-state index in [1.807, 2.05) is 44.2 Å². The summed E-state index contributed by atoms with van der Waals surface area (Å²) in [5.74, 6) is 1.00. The van der Waals surface area contributed by atoms with E-state index in [1.54, 1.807) is 12.3 Å². The summed E-state index contributed by atoms with van der Waals surface area (Å²) in [5, 5.41) is 6.17. The number of anilines is 2. The molecule has 2 rings (SSSR count). The molecule has 2 N–H and O–H groups in total. The molecular weight excluding hydrogens is 302 g/mol. The van der Waals surface area contributed by atoms with Gasteiger partial charge in [-0.1, -0.05) is 26.0 Å². The van der Waals surface area contributed by atoms with E-state index in [-0.39, 0.29) is 12.0 Å². The summed E-state index contributed by atoms with van der Waals surface area (Å²) in [6, 6.07) is 11.3. The van der Waals surface area contributed by atoms with E-state index >= 15 is 0 Å². The van der Waals surface area contributed by atoms with E-state index in [9.17, 15) is 4.79 Å². The fraction of sp³-hybridized carbons (Fsp3) is 0.368. The standard InChI is InChI=1S/C19H25N3O2/c1-13(2)12-21-19(23)17-11-15(9-10-20-17)22-16-7-5-6-8-18(16)24-14(3)4/h5-11,13-14H,12H2,1-4H3,(H,20,22)(H,21,23). The first-order valence-corrected chi connectivity index (χ1v) is 8.22. The van der Waals surface area contributed by atoms with Crippen LogP contribution in [-0.2, 0) is 0 Å². The molecule has 0 saturated heterocycles. The minimum atomic E-state index is -0.168. The molecule has 0 aliphatic rings. The molecule has 1 heterocycles. The van der Waals surface area contributed by atoms with Crippen LogP contribution >= 0.6 is 0 Å². The second-order valence-corrected chi connectivity index (χ2v) is 6.32. The van der Waals surface area contributed by atoms with Crippen molar-refractivity contribution in [2.45, 2.75) is 33.8 Å². The van der Waals surface area contributed by atoms with Gasteiger partial charge in [-0.15, -0.1) is 0 Å². The van der Waals surface area contributed by atoms with E-state index < -0.39 is 0 Å². The van der Waals surface area contributed by atoms with Crippen LogP contribution in [0.4, 0.5) is 11.4 Å². The van der Waals surface area contributed by atoms with Gasteiger partial charge in [-0.25, -0.2) is 0 Å². The summed E-state index contributed by atoms with van der Waals surface area (Å²) in [4.78, 5) is 16.3. The Morgan fingerprint density at radius 2 is 1.92 bits per heavy atom. The third kappa shape index (κ3) is 5.26. The third-order valence-corrected chi connectivity index (χ3v) is 3.19. The fourth-order valence-corrected chi connectivity index (χ4v) is 2.10. The van der Waals surface area contributed by atoms with Crippen molar-refractivity contribution in [2.75, 3.05) is 11.9 Å². The largest absolute Gasteiger partial charge is 0.489 e. The molecular formula is C19H25N3O2. The van der Waals surface area contributed by atoms with E-state index in [4.69, 9.17) is 4.74 Å². The molecule has 0 radical (unpaired) electrons. The molecule has 0 spiro atoms. The first-order chi connectivity index (χ1) is 11.5. The summed E-state index contributed by atoms with van der Waals surface area (Å²) in [5.41, 5.74) is 2.04. The number of aromatic nitrogens is 1. The summed E-state index contributed by atoms with van der Waals surface area (Å²) < 4.78 is 5.80. The minimum absolute atomic E-state index is 0.0859. The van der Waals surface area contributed by atoms with Crippen LogP contribution in [0.15, 0.2) is 42.6 Å². The smallest absolute Gasteiger partial charge is 0.269 e. The Balaban J connectivity index is 2.14. The Morgan fingerprint density at radius 1 is 1.17 bits per heavy atom. The molecule has 0 bridgehead atoms. The van der Waals surface area contributed by atoms with E-state index in [0.29, 0.717) is 18.2 Å². The molecule has 0 saturated carbocycles. The molecule has 0 unspecified atom stereocenters. The maximum absolute atomic E-state index is 12.1. The molecule has 1 aromatic heterocycles. The highest BCUT2D eigenvalue weighted by Gasteiger charge is 2.10. The van der Waals surface area contributed by atoms with Gasteiger partial charge in [0.05, 0.1) is 11.8 Å².